The summed E-state index contributed by atoms with van der Waals surface area (Å²) >= 11 is 0. The molecule has 1 unspecified atom stereocenters. The number of hydrogen-bond donors (Lipinski definition) is 0. The minimum Gasteiger partial charge on any atom is -0.300 e. The molecule has 1 atom stereocenters. The van der Waals surface area contributed by atoms with Gasteiger partial charge in [-0.2, -0.15) is 0 Å². The van der Waals surface area contributed by atoms with E-state index < -0.39 is 0 Å². The normalized spacial score (nSPS) is 13.4. The van der Waals surface area contributed by atoms with Crippen LogP contribution in [-0.4, -0.2) is 5.78 Å². The molecule has 0 bridgehead atoms. The first-order valence-corrected chi connectivity index (χ1v) is 7.36. The molecule has 1 nitrogen and oxygen atoms in total. The molecule has 0 heterocycles. The number of Topliss-reactive ketones (excluding diaryl/α,β-unsaturated/α-hetero) is 1. The fourth-order valence-electron chi connectivity index (χ4n) is 2.69. The van der Waals surface area contributed by atoms with Gasteiger partial charge in [-0.3, -0.25) is 0 Å². The zero-order valence-electron chi connectivity index (χ0n) is 13.3. The van der Waals surface area contributed by atoms with Crippen LogP contribution in [0.1, 0.15) is 76.5 Å². The van der Waals surface area contributed by atoms with Crippen LogP contribution in [0.25, 0.3) is 0 Å². The van der Waals surface area contributed by atoms with Gasteiger partial charge in [0.15, 0.2) is 0 Å². The van der Waals surface area contributed by atoms with Gasteiger partial charge in [-0.1, -0.05) is 45.9 Å². The standard InChI is InChI=1S/C18H28O/c1-7-15(11-9-14(3)19)16-10-8-13(2)17(12-16)18(4,5)6/h8,10,12,15H,7,9,11H2,1-6H3. The van der Waals surface area contributed by atoms with Crippen LogP contribution in [0.3, 0.4) is 0 Å². The second-order valence-corrected chi connectivity index (χ2v) is 6.67. The molecule has 0 radical (unpaired) electrons. The molecule has 0 N–H and O–H groups in total. The van der Waals surface area contributed by atoms with Crippen molar-refractivity contribution >= 4 is 5.78 Å². The highest BCUT2D eigenvalue weighted by atomic mass is 16.1. The molecule has 1 aromatic rings. The molecule has 0 aliphatic carbocycles. The highest BCUT2D eigenvalue weighted by Gasteiger charge is 2.19. The second-order valence-electron chi connectivity index (χ2n) is 6.67. The monoisotopic (exact) mass is 260 g/mol. The van der Waals surface area contributed by atoms with Gasteiger partial charge in [0, 0.05) is 6.42 Å². The fraction of sp³-hybridized carbons (Fsp3) is 0.611. The summed E-state index contributed by atoms with van der Waals surface area (Å²) in [6.07, 6.45) is 2.76. The molecule has 0 spiro atoms. The maximum atomic E-state index is 11.2. The summed E-state index contributed by atoms with van der Waals surface area (Å²) in [6.45, 7) is 12.9. The van der Waals surface area contributed by atoms with Crippen molar-refractivity contribution in [3.05, 3.63) is 34.9 Å². The van der Waals surface area contributed by atoms with Gasteiger partial charge in [0.05, 0.1) is 0 Å². The van der Waals surface area contributed by atoms with E-state index in [4.69, 9.17) is 0 Å². The number of hydrogen-bond acceptors (Lipinski definition) is 1. The molecule has 0 aliphatic rings. The van der Waals surface area contributed by atoms with Crippen molar-refractivity contribution in [1.82, 2.24) is 0 Å². The van der Waals surface area contributed by atoms with Gasteiger partial charge in [-0.15, -0.1) is 0 Å². The zero-order chi connectivity index (χ0) is 14.6. The lowest BCUT2D eigenvalue weighted by Crippen LogP contribution is -2.14. The van der Waals surface area contributed by atoms with Crippen LogP contribution < -0.4 is 0 Å². The van der Waals surface area contributed by atoms with Gasteiger partial charge in [-0.05, 0) is 54.7 Å². The van der Waals surface area contributed by atoms with Crippen LogP contribution in [0, 0.1) is 6.92 Å². The molecular formula is C18H28O. The lowest BCUT2D eigenvalue weighted by Gasteiger charge is -2.24. The Morgan fingerprint density at radius 3 is 2.37 bits per heavy atom. The van der Waals surface area contributed by atoms with E-state index in [0.717, 1.165) is 12.8 Å². The Labute approximate surface area is 118 Å². The maximum absolute atomic E-state index is 11.2. The minimum absolute atomic E-state index is 0.180. The number of benzene rings is 1. The first-order chi connectivity index (χ1) is 8.75. The Bertz CT molecular complexity index is 437. The van der Waals surface area contributed by atoms with Gasteiger partial charge in [0.1, 0.15) is 5.78 Å². The first-order valence-electron chi connectivity index (χ1n) is 7.36. The van der Waals surface area contributed by atoms with E-state index in [0.29, 0.717) is 18.1 Å². The predicted molar refractivity (Wildman–Crippen MR) is 82.8 cm³/mol. The van der Waals surface area contributed by atoms with E-state index in [1.165, 1.54) is 16.7 Å². The van der Waals surface area contributed by atoms with Crippen LogP contribution in [0.4, 0.5) is 0 Å². The van der Waals surface area contributed by atoms with E-state index >= 15 is 0 Å². The van der Waals surface area contributed by atoms with Crippen molar-refractivity contribution in [3.8, 4) is 0 Å². The zero-order valence-corrected chi connectivity index (χ0v) is 13.3. The summed E-state index contributed by atoms with van der Waals surface area (Å²) in [5, 5.41) is 0. The highest BCUT2D eigenvalue weighted by molar-refractivity contribution is 5.75. The minimum atomic E-state index is 0.180. The lowest BCUT2D eigenvalue weighted by molar-refractivity contribution is -0.117. The Hall–Kier alpha value is -1.11. The number of rotatable bonds is 5. The fourth-order valence-corrected chi connectivity index (χ4v) is 2.69. The summed E-state index contributed by atoms with van der Waals surface area (Å²) < 4.78 is 0. The van der Waals surface area contributed by atoms with E-state index in [9.17, 15) is 4.79 Å². The number of carbonyl (C=O) groups is 1. The first kappa shape index (κ1) is 15.9. The van der Waals surface area contributed by atoms with Crippen molar-refractivity contribution in [2.45, 2.75) is 72.1 Å². The van der Waals surface area contributed by atoms with Gasteiger partial charge in [0.2, 0.25) is 0 Å². The Kier molecular flexibility index (Phi) is 5.34. The summed E-state index contributed by atoms with van der Waals surface area (Å²) in [7, 11) is 0. The average Bonchev–Trinajstić information content (AvgIpc) is 2.29. The third-order valence-corrected chi connectivity index (χ3v) is 3.88. The average molecular weight is 260 g/mol. The van der Waals surface area contributed by atoms with Gasteiger partial charge >= 0.3 is 0 Å². The number of ketones is 1. The van der Waals surface area contributed by atoms with E-state index in [1.54, 1.807) is 6.92 Å². The maximum Gasteiger partial charge on any atom is 0.129 e. The summed E-state index contributed by atoms with van der Waals surface area (Å²) in [6, 6.07) is 6.81. The molecule has 19 heavy (non-hydrogen) atoms. The molecule has 1 aromatic carbocycles. The third-order valence-electron chi connectivity index (χ3n) is 3.88. The molecule has 0 saturated carbocycles. The van der Waals surface area contributed by atoms with Gasteiger partial charge in [0.25, 0.3) is 0 Å². The van der Waals surface area contributed by atoms with Crippen molar-refractivity contribution in [1.29, 1.82) is 0 Å². The van der Waals surface area contributed by atoms with Crippen LogP contribution in [0.15, 0.2) is 18.2 Å². The Balaban J connectivity index is 3.02. The summed E-state index contributed by atoms with van der Waals surface area (Å²) in [4.78, 5) is 11.2. The van der Waals surface area contributed by atoms with Crippen LogP contribution in [0.2, 0.25) is 0 Å². The molecule has 0 aliphatic heterocycles. The Morgan fingerprint density at radius 2 is 1.89 bits per heavy atom. The molecule has 0 saturated heterocycles. The number of aryl methyl sites for hydroxylation is 1. The Morgan fingerprint density at radius 1 is 1.26 bits per heavy atom. The molecule has 106 valence electrons. The number of carbonyl (C=O) groups excluding carboxylic acids is 1. The van der Waals surface area contributed by atoms with Crippen molar-refractivity contribution in [2.24, 2.45) is 0 Å². The second kappa shape index (κ2) is 6.36. The van der Waals surface area contributed by atoms with Crippen molar-refractivity contribution in [2.75, 3.05) is 0 Å². The molecule has 1 heteroatoms. The smallest absolute Gasteiger partial charge is 0.129 e. The summed E-state index contributed by atoms with van der Waals surface area (Å²) in [5.74, 6) is 0.798. The quantitative estimate of drug-likeness (QED) is 0.715. The molecule has 1 rings (SSSR count). The largest absolute Gasteiger partial charge is 0.300 e. The van der Waals surface area contributed by atoms with Gasteiger partial charge in [-0.25, -0.2) is 0 Å². The summed E-state index contributed by atoms with van der Waals surface area (Å²) in [5.41, 5.74) is 4.35. The van der Waals surface area contributed by atoms with Gasteiger partial charge < -0.3 is 4.79 Å². The van der Waals surface area contributed by atoms with Crippen LogP contribution in [0.5, 0.6) is 0 Å². The highest BCUT2D eigenvalue weighted by Crippen LogP contribution is 2.31. The van der Waals surface area contributed by atoms with Crippen molar-refractivity contribution in [3.63, 3.8) is 0 Å². The molecule has 0 amide bonds. The lowest BCUT2D eigenvalue weighted by atomic mass is 9.80. The van der Waals surface area contributed by atoms with Crippen molar-refractivity contribution < 1.29 is 4.79 Å². The van der Waals surface area contributed by atoms with Crippen LogP contribution >= 0.6 is 0 Å². The van der Waals surface area contributed by atoms with E-state index in [-0.39, 0.29) is 5.41 Å². The topological polar surface area (TPSA) is 17.1 Å². The van der Waals surface area contributed by atoms with E-state index in [2.05, 4.69) is 52.8 Å². The van der Waals surface area contributed by atoms with Crippen LogP contribution in [-0.2, 0) is 10.2 Å². The molecule has 0 fully saturated rings. The predicted octanol–water partition coefficient (Wildman–Crippen LogP) is 5.16. The third kappa shape index (κ3) is 4.49. The molecule has 0 aromatic heterocycles. The SMILES string of the molecule is CCC(CCC(C)=O)c1ccc(C)c(C(C)(C)C)c1. The molecular weight excluding hydrogens is 232 g/mol. The van der Waals surface area contributed by atoms with E-state index in [1.807, 2.05) is 0 Å².